The molecule has 3 heterocycles. The van der Waals surface area contributed by atoms with Crippen LogP contribution < -0.4 is 4.90 Å². The van der Waals surface area contributed by atoms with Gasteiger partial charge in [-0.1, -0.05) is 41.7 Å². The Morgan fingerprint density at radius 2 is 1.91 bits per heavy atom. The third-order valence-corrected chi connectivity index (χ3v) is 5.01. The maximum Gasteiger partial charge on any atom is 0.185 e. The Hall–Kier alpha value is -2.14. The molecule has 4 nitrogen and oxygen atoms in total. The van der Waals surface area contributed by atoms with Crippen molar-refractivity contribution in [3.63, 3.8) is 0 Å². The monoisotopic (exact) mass is 311 g/mol. The highest BCUT2D eigenvalue weighted by atomic mass is 32.1. The van der Waals surface area contributed by atoms with Gasteiger partial charge in [0.15, 0.2) is 17.3 Å². The molecule has 0 radical (unpaired) electrons. The average Bonchev–Trinajstić information content (AvgIpc) is 3.29. The molecule has 0 bridgehead atoms. The van der Waals surface area contributed by atoms with E-state index in [0.717, 1.165) is 41.0 Å². The van der Waals surface area contributed by atoms with Crippen LogP contribution in [0.5, 0.6) is 0 Å². The van der Waals surface area contributed by atoms with E-state index in [4.69, 9.17) is 4.42 Å². The topological polar surface area (TPSA) is 42.2 Å². The third-order valence-electron chi connectivity index (χ3n) is 3.95. The number of thiazole rings is 1. The molecule has 0 saturated carbocycles. The Labute approximate surface area is 133 Å². The zero-order chi connectivity index (χ0) is 14.8. The Kier molecular flexibility index (Phi) is 3.64. The largest absolute Gasteiger partial charge is 0.442 e. The van der Waals surface area contributed by atoms with Crippen molar-refractivity contribution in [2.45, 2.75) is 19.3 Å². The van der Waals surface area contributed by atoms with Gasteiger partial charge < -0.3 is 9.32 Å². The van der Waals surface area contributed by atoms with E-state index in [-0.39, 0.29) is 0 Å². The summed E-state index contributed by atoms with van der Waals surface area (Å²) in [6.07, 6.45) is 6.74. The molecule has 0 atom stereocenters. The van der Waals surface area contributed by atoms with Crippen LogP contribution in [-0.4, -0.2) is 23.1 Å². The molecule has 1 aliphatic heterocycles. The molecule has 0 aliphatic carbocycles. The molecule has 0 unspecified atom stereocenters. The van der Waals surface area contributed by atoms with Crippen LogP contribution in [0, 0.1) is 0 Å². The van der Waals surface area contributed by atoms with Crippen LogP contribution in [-0.2, 0) is 6.42 Å². The second-order valence-corrected chi connectivity index (χ2v) is 6.50. The Bertz CT molecular complexity index is 744. The molecule has 0 N–H and O–H groups in total. The van der Waals surface area contributed by atoms with Crippen molar-refractivity contribution >= 4 is 16.5 Å². The lowest BCUT2D eigenvalue weighted by atomic mass is 10.1. The highest BCUT2D eigenvalue weighted by Crippen LogP contribution is 2.34. The summed E-state index contributed by atoms with van der Waals surface area (Å²) < 4.78 is 5.64. The van der Waals surface area contributed by atoms with E-state index in [1.54, 1.807) is 11.3 Å². The Morgan fingerprint density at radius 3 is 2.73 bits per heavy atom. The minimum atomic E-state index is 0.781. The van der Waals surface area contributed by atoms with Gasteiger partial charge in [-0.2, -0.15) is 0 Å². The second kappa shape index (κ2) is 5.93. The lowest BCUT2D eigenvalue weighted by molar-refractivity contribution is 0.572. The molecule has 0 spiro atoms. The van der Waals surface area contributed by atoms with Crippen LogP contribution >= 0.6 is 11.3 Å². The van der Waals surface area contributed by atoms with Gasteiger partial charge in [-0.25, -0.2) is 9.97 Å². The zero-order valence-electron chi connectivity index (χ0n) is 12.2. The molecular weight excluding hydrogens is 294 g/mol. The van der Waals surface area contributed by atoms with E-state index in [0.29, 0.717) is 0 Å². The van der Waals surface area contributed by atoms with Crippen LogP contribution in [0.1, 0.15) is 24.1 Å². The summed E-state index contributed by atoms with van der Waals surface area (Å²) >= 11 is 1.69. The second-order valence-electron chi connectivity index (χ2n) is 5.49. The van der Waals surface area contributed by atoms with Crippen molar-refractivity contribution in [3.8, 4) is 10.6 Å². The fourth-order valence-corrected chi connectivity index (χ4v) is 3.79. The molecule has 1 saturated heterocycles. The van der Waals surface area contributed by atoms with E-state index in [9.17, 15) is 0 Å². The van der Waals surface area contributed by atoms with Gasteiger partial charge in [-0.3, -0.25) is 0 Å². The lowest BCUT2D eigenvalue weighted by Crippen LogP contribution is -2.16. The third kappa shape index (κ3) is 2.64. The van der Waals surface area contributed by atoms with Gasteiger partial charge in [-0.05, 0) is 18.4 Å². The predicted octanol–water partition coefficient (Wildman–Crippen LogP) is 3.99. The first-order valence-electron chi connectivity index (χ1n) is 7.57. The maximum atomic E-state index is 5.64. The standard InChI is InChI=1S/C17H17N3OS/c1-2-6-13(7-3-1)10-14-16(21-12-19-14)15-11-18-17(22-15)20-8-4-5-9-20/h1-3,6-7,11-12H,4-5,8-10H2. The number of anilines is 1. The van der Waals surface area contributed by atoms with Gasteiger partial charge >= 0.3 is 0 Å². The fraction of sp³-hybridized carbons (Fsp3) is 0.294. The molecule has 112 valence electrons. The van der Waals surface area contributed by atoms with Gasteiger partial charge in [0.05, 0.1) is 16.8 Å². The average molecular weight is 311 g/mol. The van der Waals surface area contributed by atoms with Gasteiger partial charge in [0.25, 0.3) is 0 Å². The predicted molar refractivity (Wildman–Crippen MR) is 88.3 cm³/mol. The van der Waals surface area contributed by atoms with E-state index in [1.807, 2.05) is 24.4 Å². The van der Waals surface area contributed by atoms with E-state index in [1.165, 1.54) is 24.8 Å². The van der Waals surface area contributed by atoms with Crippen molar-refractivity contribution in [3.05, 3.63) is 54.2 Å². The summed E-state index contributed by atoms with van der Waals surface area (Å²) in [5.74, 6) is 0.854. The molecule has 1 fully saturated rings. The van der Waals surface area contributed by atoms with Crippen molar-refractivity contribution in [1.29, 1.82) is 0 Å². The van der Waals surface area contributed by atoms with Crippen molar-refractivity contribution in [1.82, 2.24) is 9.97 Å². The lowest BCUT2D eigenvalue weighted by Gasteiger charge is -2.11. The Balaban J connectivity index is 1.59. The zero-order valence-corrected chi connectivity index (χ0v) is 13.1. The number of aromatic nitrogens is 2. The molecule has 4 rings (SSSR count). The highest BCUT2D eigenvalue weighted by Gasteiger charge is 2.19. The van der Waals surface area contributed by atoms with Crippen LogP contribution in [0.4, 0.5) is 5.13 Å². The first-order valence-corrected chi connectivity index (χ1v) is 8.39. The van der Waals surface area contributed by atoms with Crippen LogP contribution in [0.2, 0.25) is 0 Å². The summed E-state index contributed by atoms with van der Waals surface area (Å²) in [6.45, 7) is 2.22. The number of hydrogen-bond acceptors (Lipinski definition) is 5. The number of oxazole rings is 1. The quantitative estimate of drug-likeness (QED) is 0.730. The summed E-state index contributed by atoms with van der Waals surface area (Å²) in [6, 6.07) is 10.3. The van der Waals surface area contributed by atoms with E-state index in [2.05, 4.69) is 27.0 Å². The molecule has 0 amide bonds. The normalized spacial score (nSPS) is 14.6. The van der Waals surface area contributed by atoms with Crippen LogP contribution in [0.3, 0.4) is 0 Å². The summed E-state index contributed by atoms with van der Waals surface area (Å²) in [7, 11) is 0. The highest BCUT2D eigenvalue weighted by molar-refractivity contribution is 7.18. The molecule has 22 heavy (non-hydrogen) atoms. The minimum Gasteiger partial charge on any atom is -0.442 e. The van der Waals surface area contributed by atoms with Gasteiger partial charge in [0, 0.05) is 19.5 Å². The summed E-state index contributed by atoms with van der Waals surface area (Å²) in [5, 5.41) is 1.09. The summed E-state index contributed by atoms with van der Waals surface area (Å²) in [4.78, 5) is 12.4. The number of nitrogens with zero attached hydrogens (tertiary/aromatic N) is 3. The van der Waals surface area contributed by atoms with Gasteiger partial charge in [0.2, 0.25) is 0 Å². The molecular formula is C17H17N3OS. The van der Waals surface area contributed by atoms with Crippen LogP contribution in [0.25, 0.3) is 10.6 Å². The molecule has 1 aliphatic rings. The number of hydrogen-bond donors (Lipinski definition) is 0. The van der Waals surface area contributed by atoms with Crippen LogP contribution in [0.15, 0.2) is 47.3 Å². The van der Waals surface area contributed by atoms with Crippen molar-refractivity contribution in [2.75, 3.05) is 18.0 Å². The van der Waals surface area contributed by atoms with Crippen molar-refractivity contribution in [2.24, 2.45) is 0 Å². The minimum absolute atomic E-state index is 0.781. The van der Waals surface area contributed by atoms with E-state index < -0.39 is 0 Å². The Morgan fingerprint density at radius 1 is 1.09 bits per heavy atom. The summed E-state index contributed by atoms with van der Waals surface area (Å²) in [5.41, 5.74) is 2.21. The van der Waals surface area contributed by atoms with E-state index >= 15 is 0 Å². The maximum absolute atomic E-state index is 5.64. The van der Waals surface area contributed by atoms with Gasteiger partial charge in [-0.15, -0.1) is 0 Å². The number of rotatable bonds is 4. The molecule has 3 aromatic rings. The number of benzene rings is 1. The van der Waals surface area contributed by atoms with Gasteiger partial charge in [0.1, 0.15) is 0 Å². The first-order chi connectivity index (χ1) is 10.9. The SMILES string of the molecule is c1ccc(Cc2ncoc2-c2cnc(N3CCCC3)s2)cc1. The molecule has 1 aromatic carbocycles. The first kappa shape index (κ1) is 13.5. The fourth-order valence-electron chi connectivity index (χ4n) is 2.81. The smallest absolute Gasteiger partial charge is 0.185 e. The van der Waals surface area contributed by atoms with Crippen molar-refractivity contribution < 1.29 is 4.42 Å². The molecule has 5 heteroatoms. The molecule has 2 aromatic heterocycles.